The lowest BCUT2D eigenvalue weighted by molar-refractivity contribution is -0.137. The zero-order valence-electron chi connectivity index (χ0n) is 8.30. The highest BCUT2D eigenvalue weighted by molar-refractivity contribution is 5.68. The van der Waals surface area contributed by atoms with Gasteiger partial charge in [0.25, 0.3) is 0 Å². The molecule has 0 aliphatic heterocycles. The van der Waals surface area contributed by atoms with Gasteiger partial charge in [-0.05, 0) is 12.1 Å². The molecule has 16 heavy (non-hydrogen) atoms. The number of hydrogen-bond donors (Lipinski definition) is 1. The number of rotatable bonds is 3. The van der Waals surface area contributed by atoms with Crippen LogP contribution in [-0.4, -0.2) is 20.6 Å². The maximum atomic E-state index is 13.5. The van der Waals surface area contributed by atoms with Crippen molar-refractivity contribution in [1.29, 1.82) is 0 Å². The predicted octanol–water partition coefficient (Wildman–Crippen LogP) is 1.77. The number of benzene rings is 1. The average molecular weight is 220 g/mol. The van der Waals surface area contributed by atoms with Gasteiger partial charge in [0.05, 0.1) is 5.56 Å². The van der Waals surface area contributed by atoms with Gasteiger partial charge >= 0.3 is 5.97 Å². The Hall–Kier alpha value is -2.17. The van der Waals surface area contributed by atoms with E-state index in [0.29, 0.717) is 11.4 Å². The van der Waals surface area contributed by atoms with Crippen molar-refractivity contribution in [3.8, 4) is 11.4 Å². The Morgan fingerprint density at radius 3 is 2.88 bits per heavy atom. The Balaban J connectivity index is 2.45. The number of hydrogen-bond acceptors (Lipinski definition) is 2. The second-order valence-corrected chi connectivity index (χ2v) is 3.25. The van der Waals surface area contributed by atoms with Crippen LogP contribution in [0.1, 0.15) is 0 Å². The molecule has 0 fully saturated rings. The van der Waals surface area contributed by atoms with E-state index in [1.807, 2.05) is 0 Å². The molecule has 5 heteroatoms. The van der Waals surface area contributed by atoms with Crippen LogP contribution in [-0.2, 0) is 11.3 Å². The molecular weight excluding hydrogens is 211 g/mol. The third kappa shape index (κ3) is 1.93. The summed E-state index contributed by atoms with van der Waals surface area (Å²) in [5.74, 6) is -1.09. The Labute approximate surface area is 91.0 Å². The molecule has 1 aromatic heterocycles. The lowest BCUT2D eigenvalue weighted by Crippen LogP contribution is -2.09. The van der Waals surface area contributed by atoms with Crippen LogP contribution < -0.4 is 0 Å². The minimum absolute atomic E-state index is 0.232. The molecular formula is C11H9FN2O2. The van der Waals surface area contributed by atoms with E-state index in [1.165, 1.54) is 23.0 Å². The third-order valence-corrected chi connectivity index (χ3v) is 2.14. The van der Waals surface area contributed by atoms with Crippen LogP contribution in [0.4, 0.5) is 4.39 Å². The second kappa shape index (κ2) is 4.14. The molecule has 0 aliphatic carbocycles. The molecule has 0 amide bonds. The maximum absolute atomic E-state index is 13.5. The fourth-order valence-corrected chi connectivity index (χ4v) is 1.47. The van der Waals surface area contributed by atoms with E-state index in [2.05, 4.69) is 4.98 Å². The largest absolute Gasteiger partial charge is 0.480 e. The normalized spacial score (nSPS) is 10.3. The van der Waals surface area contributed by atoms with Crippen LogP contribution in [0.25, 0.3) is 11.4 Å². The van der Waals surface area contributed by atoms with Crippen molar-refractivity contribution in [3.63, 3.8) is 0 Å². The van der Waals surface area contributed by atoms with Gasteiger partial charge in [0.2, 0.25) is 0 Å². The molecule has 1 heterocycles. The van der Waals surface area contributed by atoms with Crippen molar-refractivity contribution in [2.24, 2.45) is 0 Å². The zero-order chi connectivity index (χ0) is 11.5. The van der Waals surface area contributed by atoms with Crippen LogP contribution in [0.2, 0.25) is 0 Å². The molecule has 1 aromatic carbocycles. The van der Waals surface area contributed by atoms with Crippen molar-refractivity contribution < 1.29 is 14.3 Å². The second-order valence-electron chi connectivity index (χ2n) is 3.25. The number of carboxylic acids is 1. The predicted molar refractivity (Wildman–Crippen MR) is 55.3 cm³/mol. The van der Waals surface area contributed by atoms with Crippen molar-refractivity contribution in [2.45, 2.75) is 6.54 Å². The number of aliphatic carboxylic acids is 1. The molecule has 4 nitrogen and oxygen atoms in total. The molecule has 2 rings (SSSR count). The first kappa shape index (κ1) is 10.4. The quantitative estimate of drug-likeness (QED) is 0.857. The van der Waals surface area contributed by atoms with E-state index in [9.17, 15) is 9.18 Å². The first-order valence-corrected chi connectivity index (χ1v) is 4.66. The number of carbonyl (C=O) groups is 1. The van der Waals surface area contributed by atoms with Crippen molar-refractivity contribution in [3.05, 3.63) is 42.5 Å². The third-order valence-electron chi connectivity index (χ3n) is 2.14. The number of nitrogens with zero attached hydrogens (tertiary/aromatic N) is 2. The smallest absolute Gasteiger partial charge is 0.323 e. The monoisotopic (exact) mass is 220 g/mol. The van der Waals surface area contributed by atoms with Gasteiger partial charge in [0.1, 0.15) is 18.2 Å². The Morgan fingerprint density at radius 2 is 2.19 bits per heavy atom. The summed E-state index contributed by atoms with van der Waals surface area (Å²) in [7, 11) is 0. The van der Waals surface area contributed by atoms with E-state index in [4.69, 9.17) is 5.11 Å². The molecule has 0 atom stereocenters. The summed E-state index contributed by atoms with van der Waals surface area (Å²) in [6.07, 6.45) is 2.96. The van der Waals surface area contributed by atoms with E-state index in [0.717, 1.165) is 0 Å². The minimum Gasteiger partial charge on any atom is -0.480 e. The van der Waals surface area contributed by atoms with Gasteiger partial charge in [0.15, 0.2) is 0 Å². The van der Waals surface area contributed by atoms with Gasteiger partial charge in [-0.2, -0.15) is 0 Å². The molecule has 0 spiro atoms. The van der Waals surface area contributed by atoms with Crippen molar-refractivity contribution in [2.75, 3.05) is 0 Å². The SMILES string of the molecule is O=C(O)Cn1ccnc1-c1ccccc1F. The highest BCUT2D eigenvalue weighted by Gasteiger charge is 2.11. The van der Waals surface area contributed by atoms with E-state index in [1.54, 1.807) is 18.2 Å². The first-order chi connectivity index (χ1) is 7.68. The minimum atomic E-state index is -0.990. The summed E-state index contributed by atoms with van der Waals surface area (Å²) in [4.78, 5) is 14.6. The Morgan fingerprint density at radius 1 is 1.44 bits per heavy atom. The van der Waals surface area contributed by atoms with Crippen LogP contribution in [0.5, 0.6) is 0 Å². The van der Waals surface area contributed by atoms with Crippen LogP contribution in [0.3, 0.4) is 0 Å². The Bertz CT molecular complexity index is 522. The fraction of sp³-hybridized carbons (Fsp3) is 0.0909. The molecule has 2 aromatic rings. The van der Waals surface area contributed by atoms with E-state index < -0.39 is 11.8 Å². The average Bonchev–Trinajstić information content (AvgIpc) is 2.66. The lowest BCUT2D eigenvalue weighted by atomic mass is 10.2. The summed E-state index contributed by atoms with van der Waals surface area (Å²) in [6.45, 7) is -0.232. The Kier molecular flexibility index (Phi) is 2.68. The van der Waals surface area contributed by atoms with E-state index in [-0.39, 0.29) is 6.54 Å². The molecule has 82 valence electrons. The summed E-state index contributed by atoms with van der Waals surface area (Å²) >= 11 is 0. The summed E-state index contributed by atoms with van der Waals surface area (Å²) in [6, 6.07) is 6.13. The molecule has 0 saturated heterocycles. The fourth-order valence-electron chi connectivity index (χ4n) is 1.47. The highest BCUT2D eigenvalue weighted by atomic mass is 19.1. The van der Waals surface area contributed by atoms with Gasteiger partial charge in [0, 0.05) is 12.4 Å². The zero-order valence-corrected chi connectivity index (χ0v) is 8.30. The number of imidazole rings is 1. The molecule has 0 unspecified atom stereocenters. The highest BCUT2D eigenvalue weighted by Crippen LogP contribution is 2.20. The molecule has 0 aliphatic rings. The number of halogens is 1. The number of aromatic nitrogens is 2. The summed E-state index contributed by atoms with van der Waals surface area (Å²) < 4.78 is 14.9. The molecule has 0 radical (unpaired) electrons. The van der Waals surface area contributed by atoms with Crippen LogP contribution in [0, 0.1) is 5.82 Å². The summed E-state index contributed by atoms with van der Waals surface area (Å²) in [5, 5.41) is 8.68. The van der Waals surface area contributed by atoms with Gasteiger partial charge in [-0.3, -0.25) is 4.79 Å². The lowest BCUT2D eigenvalue weighted by Gasteiger charge is -2.05. The standard InChI is InChI=1S/C11H9FN2O2/c12-9-4-2-1-3-8(9)11-13-5-6-14(11)7-10(15)16/h1-6H,7H2,(H,15,16). The van der Waals surface area contributed by atoms with Gasteiger partial charge < -0.3 is 9.67 Å². The topological polar surface area (TPSA) is 55.1 Å². The van der Waals surface area contributed by atoms with Gasteiger partial charge in [-0.25, -0.2) is 9.37 Å². The van der Waals surface area contributed by atoms with Crippen molar-refractivity contribution >= 4 is 5.97 Å². The van der Waals surface area contributed by atoms with E-state index >= 15 is 0 Å². The summed E-state index contributed by atoms with van der Waals surface area (Å²) in [5.41, 5.74) is 0.300. The maximum Gasteiger partial charge on any atom is 0.323 e. The van der Waals surface area contributed by atoms with Crippen LogP contribution >= 0.6 is 0 Å². The van der Waals surface area contributed by atoms with Gasteiger partial charge in [-0.15, -0.1) is 0 Å². The van der Waals surface area contributed by atoms with Crippen molar-refractivity contribution in [1.82, 2.24) is 9.55 Å². The molecule has 0 bridgehead atoms. The molecule has 0 saturated carbocycles. The molecule has 1 N–H and O–H groups in total. The first-order valence-electron chi connectivity index (χ1n) is 4.66. The van der Waals surface area contributed by atoms with Gasteiger partial charge in [-0.1, -0.05) is 12.1 Å². The number of carboxylic acid groups (broad SMARTS) is 1. The van der Waals surface area contributed by atoms with Crippen LogP contribution in [0.15, 0.2) is 36.7 Å².